The number of aliphatic carboxylic acids is 1. The molecule has 0 aliphatic rings. The lowest BCUT2D eigenvalue weighted by Crippen LogP contribution is -2.59. The molecule has 11 heteroatoms. The highest BCUT2D eigenvalue weighted by Crippen LogP contribution is 2.08. The highest BCUT2D eigenvalue weighted by Gasteiger charge is 2.32. The van der Waals surface area contributed by atoms with Crippen LogP contribution in [0, 0.1) is 11.8 Å². The maximum atomic E-state index is 12.8. The number of carboxylic acid groups (broad SMARTS) is 1. The van der Waals surface area contributed by atoms with Gasteiger partial charge in [-0.15, -0.1) is 0 Å². The summed E-state index contributed by atoms with van der Waals surface area (Å²) in [6, 6.07) is -3.74. The number of nitrogens with two attached hydrogens (primary N) is 1. The van der Waals surface area contributed by atoms with Crippen LogP contribution in [0.2, 0.25) is 0 Å². The zero-order chi connectivity index (χ0) is 22.7. The molecule has 0 bridgehead atoms. The fourth-order valence-electron chi connectivity index (χ4n) is 2.41. The van der Waals surface area contributed by atoms with Crippen molar-refractivity contribution in [2.24, 2.45) is 17.6 Å². The maximum Gasteiger partial charge on any atom is 0.326 e. The Morgan fingerprint density at radius 2 is 1.45 bits per heavy atom. The van der Waals surface area contributed by atoms with Crippen LogP contribution in [0.3, 0.4) is 0 Å². The Labute approximate surface area is 182 Å². The van der Waals surface area contributed by atoms with Gasteiger partial charge in [-0.3, -0.25) is 14.4 Å². The summed E-state index contributed by atoms with van der Waals surface area (Å²) in [6.45, 7) is 6.84. The van der Waals surface area contributed by atoms with E-state index in [1.54, 1.807) is 27.7 Å². The lowest BCUT2D eigenvalue weighted by Gasteiger charge is -2.27. The van der Waals surface area contributed by atoms with Crippen molar-refractivity contribution in [2.75, 3.05) is 17.8 Å². The molecule has 0 aromatic heterocycles. The summed E-state index contributed by atoms with van der Waals surface area (Å²) in [5.41, 5.74) is 5.66. The summed E-state index contributed by atoms with van der Waals surface area (Å²) >= 11 is 5.49. The van der Waals surface area contributed by atoms with Gasteiger partial charge in [0.15, 0.2) is 0 Å². The van der Waals surface area contributed by atoms with E-state index in [9.17, 15) is 24.3 Å². The molecule has 3 amide bonds. The zero-order valence-electron chi connectivity index (χ0n) is 17.6. The third kappa shape index (κ3) is 9.72. The summed E-state index contributed by atoms with van der Waals surface area (Å²) < 4.78 is 0. The van der Waals surface area contributed by atoms with Crippen molar-refractivity contribution in [1.82, 2.24) is 16.0 Å². The molecule has 0 aliphatic heterocycles. The Morgan fingerprint density at radius 1 is 0.931 bits per heavy atom. The van der Waals surface area contributed by atoms with E-state index in [0.717, 1.165) is 0 Å². The smallest absolute Gasteiger partial charge is 0.326 e. The fourth-order valence-corrected chi connectivity index (χ4v) is 3.05. The van der Waals surface area contributed by atoms with E-state index in [-0.39, 0.29) is 17.6 Å². The number of rotatable bonds is 13. The van der Waals surface area contributed by atoms with E-state index in [4.69, 9.17) is 5.73 Å². The second kappa shape index (κ2) is 13.7. The minimum Gasteiger partial charge on any atom is -0.480 e. The Kier molecular flexibility index (Phi) is 13.0. The zero-order valence-corrected chi connectivity index (χ0v) is 19.3. The number of nitrogens with one attached hydrogen (secondary N) is 3. The highest BCUT2D eigenvalue weighted by atomic mass is 32.2. The first-order chi connectivity index (χ1) is 13.5. The second-order valence-corrected chi connectivity index (χ2v) is 8.78. The van der Waals surface area contributed by atoms with Crippen molar-refractivity contribution in [2.45, 2.75) is 58.3 Å². The van der Waals surface area contributed by atoms with Gasteiger partial charge in [-0.1, -0.05) is 27.7 Å². The SMILES string of the molecule is CSCCC(NC(=O)C(N)CS)C(=O)NC(C(=O)NC(C(=O)O)C(C)C)C(C)C. The summed E-state index contributed by atoms with van der Waals surface area (Å²) in [6.07, 6.45) is 2.23. The predicted molar refractivity (Wildman–Crippen MR) is 118 cm³/mol. The number of hydrogen-bond donors (Lipinski definition) is 6. The van der Waals surface area contributed by atoms with Gasteiger partial charge in [0.25, 0.3) is 0 Å². The van der Waals surface area contributed by atoms with E-state index < -0.39 is 47.9 Å². The van der Waals surface area contributed by atoms with Gasteiger partial charge in [0.2, 0.25) is 17.7 Å². The first-order valence-corrected chi connectivity index (χ1v) is 11.5. The van der Waals surface area contributed by atoms with Crippen LogP contribution >= 0.6 is 24.4 Å². The molecule has 0 saturated heterocycles. The molecule has 0 aromatic rings. The molecule has 9 nitrogen and oxygen atoms in total. The molecule has 168 valence electrons. The van der Waals surface area contributed by atoms with Crippen molar-refractivity contribution >= 4 is 48.1 Å². The van der Waals surface area contributed by atoms with E-state index in [1.165, 1.54) is 11.8 Å². The van der Waals surface area contributed by atoms with Gasteiger partial charge in [-0.25, -0.2) is 4.79 Å². The summed E-state index contributed by atoms with van der Waals surface area (Å²) in [5, 5.41) is 17.0. The average Bonchev–Trinajstić information content (AvgIpc) is 2.65. The van der Waals surface area contributed by atoms with Crippen LogP contribution in [-0.4, -0.2) is 70.7 Å². The van der Waals surface area contributed by atoms with Crippen LogP contribution in [0.25, 0.3) is 0 Å². The van der Waals surface area contributed by atoms with Crippen molar-refractivity contribution in [3.63, 3.8) is 0 Å². The standard InChI is InChI=1S/C18H34N4O5S2/c1-9(2)13(17(25)22-14(10(3)4)18(26)27)21-16(24)12(6-7-29-5)20-15(23)11(19)8-28/h9-14,28H,6-8,19H2,1-5H3,(H,20,23)(H,21,24)(H,22,25)(H,26,27). The predicted octanol–water partition coefficient (Wildman–Crippen LogP) is -0.152. The molecule has 0 fully saturated rings. The molecule has 0 saturated carbocycles. The molecule has 6 N–H and O–H groups in total. The number of carbonyl (C=O) groups excluding carboxylic acids is 3. The molecular formula is C18H34N4O5S2. The van der Waals surface area contributed by atoms with Crippen molar-refractivity contribution in [3.8, 4) is 0 Å². The number of amides is 3. The van der Waals surface area contributed by atoms with Crippen LogP contribution in [0.4, 0.5) is 0 Å². The molecule has 29 heavy (non-hydrogen) atoms. The number of thioether (sulfide) groups is 1. The van der Waals surface area contributed by atoms with Crippen molar-refractivity contribution < 1.29 is 24.3 Å². The first-order valence-electron chi connectivity index (χ1n) is 9.45. The van der Waals surface area contributed by atoms with Gasteiger partial charge < -0.3 is 26.8 Å². The first kappa shape index (κ1) is 27.5. The molecule has 4 atom stereocenters. The van der Waals surface area contributed by atoms with Gasteiger partial charge >= 0.3 is 5.97 Å². The molecule has 0 rings (SSSR count). The van der Waals surface area contributed by atoms with E-state index in [2.05, 4.69) is 28.6 Å². The molecule has 4 unspecified atom stereocenters. The largest absolute Gasteiger partial charge is 0.480 e. The number of thiol groups is 1. The summed E-state index contributed by atoms with van der Waals surface area (Å²) in [4.78, 5) is 48.9. The fraction of sp³-hybridized carbons (Fsp3) is 0.778. The molecule has 0 radical (unpaired) electrons. The molecule has 0 aliphatic carbocycles. The van der Waals surface area contributed by atoms with Gasteiger partial charge in [-0.05, 0) is 30.3 Å². The van der Waals surface area contributed by atoms with Crippen LogP contribution in [0.15, 0.2) is 0 Å². The number of carboxylic acids is 1. The van der Waals surface area contributed by atoms with Gasteiger partial charge in [0.1, 0.15) is 18.1 Å². The number of hydrogen-bond acceptors (Lipinski definition) is 7. The average molecular weight is 451 g/mol. The van der Waals surface area contributed by atoms with Crippen LogP contribution in [0.1, 0.15) is 34.1 Å². The minimum atomic E-state index is -1.15. The third-order valence-electron chi connectivity index (χ3n) is 4.25. The van der Waals surface area contributed by atoms with Crippen LogP contribution in [0.5, 0.6) is 0 Å². The lowest BCUT2D eigenvalue weighted by atomic mass is 9.99. The number of carbonyl (C=O) groups is 4. The summed E-state index contributed by atoms with van der Waals surface area (Å²) in [7, 11) is 0. The monoisotopic (exact) mass is 450 g/mol. The van der Waals surface area contributed by atoms with Crippen LogP contribution in [-0.2, 0) is 19.2 Å². The van der Waals surface area contributed by atoms with E-state index in [1.807, 2.05) is 6.26 Å². The normalized spacial score (nSPS) is 15.3. The van der Waals surface area contributed by atoms with Gasteiger partial charge in [0.05, 0.1) is 6.04 Å². The lowest BCUT2D eigenvalue weighted by molar-refractivity contribution is -0.143. The molecule has 0 aromatic carbocycles. The third-order valence-corrected chi connectivity index (χ3v) is 5.29. The second-order valence-electron chi connectivity index (χ2n) is 7.43. The Balaban J connectivity index is 5.32. The van der Waals surface area contributed by atoms with Gasteiger partial charge in [0, 0.05) is 5.75 Å². The van der Waals surface area contributed by atoms with Crippen molar-refractivity contribution in [3.05, 3.63) is 0 Å². The molecule has 0 heterocycles. The van der Waals surface area contributed by atoms with Crippen LogP contribution < -0.4 is 21.7 Å². The van der Waals surface area contributed by atoms with E-state index in [0.29, 0.717) is 12.2 Å². The Bertz CT molecular complexity index is 574. The topological polar surface area (TPSA) is 151 Å². The van der Waals surface area contributed by atoms with E-state index >= 15 is 0 Å². The maximum absolute atomic E-state index is 12.8. The molecule has 0 spiro atoms. The highest BCUT2D eigenvalue weighted by molar-refractivity contribution is 7.98. The van der Waals surface area contributed by atoms with Gasteiger partial charge in [-0.2, -0.15) is 24.4 Å². The quantitative estimate of drug-likeness (QED) is 0.214. The molecular weight excluding hydrogens is 416 g/mol. The Morgan fingerprint density at radius 3 is 1.86 bits per heavy atom. The summed E-state index contributed by atoms with van der Waals surface area (Å²) in [5.74, 6) is -2.63. The minimum absolute atomic E-state index is 0.130. The van der Waals surface area contributed by atoms with Crippen molar-refractivity contribution in [1.29, 1.82) is 0 Å². The Hall–Kier alpha value is -1.46.